The summed E-state index contributed by atoms with van der Waals surface area (Å²) in [6, 6.07) is 10.4. The van der Waals surface area contributed by atoms with Gasteiger partial charge in [-0.1, -0.05) is 24.3 Å². The van der Waals surface area contributed by atoms with E-state index in [1.54, 1.807) is 6.92 Å². The van der Waals surface area contributed by atoms with Crippen molar-refractivity contribution in [2.24, 2.45) is 0 Å². The predicted octanol–water partition coefficient (Wildman–Crippen LogP) is 2.70. The van der Waals surface area contributed by atoms with Crippen LogP contribution >= 0.6 is 0 Å². The van der Waals surface area contributed by atoms with Gasteiger partial charge in [0.15, 0.2) is 0 Å². The number of nitro benzene ring substituents is 1. The number of nitrogens with one attached hydrogen (secondary N) is 1. The Morgan fingerprint density at radius 1 is 1.12 bits per heavy atom. The first-order chi connectivity index (χ1) is 11.8. The van der Waals surface area contributed by atoms with Crippen molar-refractivity contribution >= 4 is 17.6 Å². The van der Waals surface area contributed by atoms with Crippen molar-refractivity contribution in [1.82, 2.24) is 10.2 Å². The van der Waals surface area contributed by atoms with Gasteiger partial charge < -0.3 is 5.32 Å². The molecule has 3 amide bonds. The van der Waals surface area contributed by atoms with E-state index in [0.717, 1.165) is 4.90 Å². The van der Waals surface area contributed by atoms with Crippen LogP contribution in [0.3, 0.4) is 0 Å². The maximum atomic E-state index is 13.1. The highest BCUT2D eigenvalue weighted by molar-refractivity contribution is 6.07. The summed E-state index contributed by atoms with van der Waals surface area (Å²) in [6.45, 7) is 1.54. The first kappa shape index (κ1) is 16.6. The second kappa shape index (κ2) is 5.97. The van der Waals surface area contributed by atoms with Gasteiger partial charge in [-0.05, 0) is 30.2 Å². The lowest BCUT2D eigenvalue weighted by molar-refractivity contribution is -0.384. The molecule has 8 heteroatoms. The molecule has 7 nitrogen and oxygen atoms in total. The first-order valence-electron chi connectivity index (χ1n) is 7.45. The van der Waals surface area contributed by atoms with E-state index in [2.05, 4.69) is 5.32 Å². The van der Waals surface area contributed by atoms with Crippen LogP contribution in [0, 0.1) is 15.9 Å². The standard InChI is InChI=1S/C17H14FN3O4/c1-17(12-4-6-13(18)7-5-12)15(22)20(16(23)19-17)10-11-2-8-14(9-3-11)21(24)25/h2-9H,10H2,1H3,(H,19,23). The smallest absolute Gasteiger partial charge is 0.319 e. The largest absolute Gasteiger partial charge is 0.325 e. The van der Waals surface area contributed by atoms with Crippen LogP contribution in [0.15, 0.2) is 48.5 Å². The fourth-order valence-corrected chi connectivity index (χ4v) is 2.73. The summed E-state index contributed by atoms with van der Waals surface area (Å²) in [7, 11) is 0. The Kier molecular flexibility index (Phi) is 3.96. The van der Waals surface area contributed by atoms with Crippen LogP contribution in [-0.2, 0) is 16.9 Å². The quantitative estimate of drug-likeness (QED) is 0.525. The van der Waals surface area contributed by atoms with Gasteiger partial charge in [0.25, 0.3) is 11.6 Å². The summed E-state index contributed by atoms with van der Waals surface area (Å²) in [5.41, 5.74) is -0.307. The minimum atomic E-state index is -1.29. The van der Waals surface area contributed by atoms with Crippen LogP contribution in [0.25, 0.3) is 0 Å². The van der Waals surface area contributed by atoms with Crippen LogP contribution in [-0.4, -0.2) is 21.8 Å². The second-order valence-electron chi connectivity index (χ2n) is 5.88. The molecule has 0 bridgehead atoms. The summed E-state index contributed by atoms with van der Waals surface area (Å²) >= 11 is 0. The molecule has 1 N–H and O–H groups in total. The molecule has 0 radical (unpaired) electrons. The van der Waals surface area contributed by atoms with E-state index in [1.165, 1.54) is 48.5 Å². The number of amides is 3. The Morgan fingerprint density at radius 3 is 2.28 bits per heavy atom. The molecule has 1 fully saturated rings. The Labute approximate surface area is 142 Å². The molecule has 1 atom stereocenters. The number of benzene rings is 2. The molecule has 1 saturated heterocycles. The first-order valence-corrected chi connectivity index (χ1v) is 7.45. The predicted molar refractivity (Wildman–Crippen MR) is 85.9 cm³/mol. The monoisotopic (exact) mass is 343 g/mol. The maximum absolute atomic E-state index is 13.1. The third-order valence-corrected chi connectivity index (χ3v) is 4.18. The van der Waals surface area contributed by atoms with Crippen molar-refractivity contribution < 1.29 is 18.9 Å². The van der Waals surface area contributed by atoms with E-state index in [1.807, 2.05) is 0 Å². The zero-order chi connectivity index (χ0) is 18.2. The lowest BCUT2D eigenvalue weighted by Crippen LogP contribution is -2.40. The number of carbonyl (C=O) groups is 2. The molecule has 0 spiro atoms. The van der Waals surface area contributed by atoms with Gasteiger partial charge in [-0.25, -0.2) is 9.18 Å². The fraction of sp³-hybridized carbons (Fsp3) is 0.176. The lowest BCUT2D eigenvalue weighted by atomic mass is 9.92. The number of urea groups is 1. The third-order valence-electron chi connectivity index (χ3n) is 4.18. The molecule has 25 heavy (non-hydrogen) atoms. The van der Waals surface area contributed by atoms with E-state index in [0.29, 0.717) is 11.1 Å². The Morgan fingerprint density at radius 2 is 1.72 bits per heavy atom. The van der Waals surface area contributed by atoms with E-state index < -0.39 is 28.2 Å². The number of hydrogen-bond donors (Lipinski definition) is 1. The summed E-state index contributed by atoms with van der Waals surface area (Å²) in [5.74, 6) is -0.908. The van der Waals surface area contributed by atoms with Crippen molar-refractivity contribution in [2.75, 3.05) is 0 Å². The maximum Gasteiger partial charge on any atom is 0.325 e. The molecule has 3 rings (SSSR count). The number of nitro groups is 1. The number of rotatable bonds is 4. The summed E-state index contributed by atoms with van der Waals surface area (Å²) in [4.78, 5) is 36.2. The van der Waals surface area contributed by atoms with Crippen LogP contribution in [0.5, 0.6) is 0 Å². The molecule has 128 valence electrons. The summed E-state index contributed by atoms with van der Waals surface area (Å²) in [5, 5.41) is 13.3. The van der Waals surface area contributed by atoms with Crippen LogP contribution in [0.2, 0.25) is 0 Å². The minimum Gasteiger partial charge on any atom is -0.319 e. The average molecular weight is 343 g/mol. The number of halogens is 1. The summed E-state index contributed by atoms with van der Waals surface area (Å²) in [6.07, 6.45) is 0. The topological polar surface area (TPSA) is 92.6 Å². The number of hydrogen-bond acceptors (Lipinski definition) is 4. The lowest BCUT2D eigenvalue weighted by Gasteiger charge is -2.22. The molecule has 0 aliphatic carbocycles. The van der Waals surface area contributed by atoms with Gasteiger partial charge in [-0.2, -0.15) is 0 Å². The third kappa shape index (κ3) is 2.93. The van der Waals surface area contributed by atoms with Gasteiger partial charge in [0.05, 0.1) is 11.5 Å². The van der Waals surface area contributed by atoms with E-state index in [9.17, 15) is 24.1 Å². The molecule has 0 aromatic heterocycles. The fourth-order valence-electron chi connectivity index (χ4n) is 2.73. The SMILES string of the molecule is CC1(c2ccc(F)cc2)NC(=O)N(Cc2ccc([N+](=O)[O-])cc2)C1=O. The van der Waals surface area contributed by atoms with Crippen molar-refractivity contribution in [3.8, 4) is 0 Å². The molecule has 1 aliphatic heterocycles. The highest BCUT2D eigenvalue weighted by Crippen LogP contribution is 2.30. The van der Waals surface area contributed by atoms with Crippen molar-refractivity contribution in [2.45, 2.75) is 19.0 Å². The molecule has 2 aromatic carbocycles. The van der Waals surface area contributed by atoms with Crippen LogP contribution < -0.4 is 5.32 Å². The Hall–Kier alpha value is -3.29. The highest BCUT2D eigenvalue weighted by Gasteiger charge is 2.48. The zero-order valence-corrected chi connectivity index (χ0v) is 13.2. The Bertz CT molecular complexity index is 851. The van der Waals surface area contributed by atoms with Crippen molar-refractivity contribution in [3.05, 3.63) is 75.6 Å². The van der Waals surface area contributed by atoms with Gasteiger partial charge in [0.1, 0.15) is 11.4 Å². The number of non-ortho nitro benzene ring substituents is 1. The molecule has 1 unspecified atom stereocenters. The second-order valence-corrected chi connectivity index (χ2v) is 5.88. The minimum absolute atomic E-state index is 0.0144. The molecular formula is C17H14FN3O4. The molecule has 1 heterocycles. The molecule has 1 aliphatic rings. The average Bonchev–Trinajstić information content (AvgIpc) is 2.80. The van der Waals surface area contributed by atoms with Crippen LogP contribution in [0.4, 0.5) is 14.9 Å². The van der Waals surface area contributed by atoms with Gasteiger partial charge in [-0.15, -0.1) is 0 Å². The molecule has 0 saturated carbocycles. The van der Waals surface area contributed by atoms with Crippen LogP contribution in [0.1, 0.15) is 18.1 Å². The highest BCUT2D eigenvalue weighted by atomic mass is 19.1. The number of imide groups is 1. The molecule has 2 aromatic rings. The van der Waals surface area contributed by atoms with Crippen molar-refractivity contribution in [1.29, 1.82) is 0 Å². The van der Waals surface area contributed by atoms with E-state index in [4.69, 9.17) is 0 Å². The number of carbonyl (C=O) groups excluding carboxylic acids is 2. The zero-order valence-electron chi connectivity index (χ0n) is 13.2. The summed E-state index contributed by atoms with van der Waals surface area (Å²) < 4.78 is 13.1. The van der Waals surface area contributed by atoms with Gasteiger partial charge in [-0.3, -0.25) is 19.8 Å². The van der Waals surface area contributed by atoms with Gasteiger partial charge >= 0.3 is 6.03 Å². The van der Waals surface area contributed by atoms with Gasteiger partial charge in [0, 0.05) is 12.1 Å². The number of nitrogens with zero attached hydrogens (tertiary/aromatic N) is 2. The van der Waals surface area contributed by atoms with Crippen molar-refractivity contribution in [3.63, 3.8) is 0 Å². The van der Waals surface area contributed by atoms with Gasteiger partial charge in [0.2, 0.25) is 0 Å². The normalized spacial score (nSPS) is 19.8. The molecular weight excluding hydrogens is 329 g/mol. The Balaban J connectivity index is 1.83. The van der Waals surface area contributed by atoms with E-state index in [-0.39, 0.29) is 12.2 Å². The van der Waals surface area contributed by atoms with E-state index >= 15 is 0 Å².